The van der Waals surface area contributed by atoms with E-state index in [2.05, 4.69) is 64.2 Å². The Morgan fingerprint density at radius 3 is 2.34 bits per heavy atom. The van der Waals surface area contributed by atoms with Gasteiger partial charge in [-0.15, -0.1) is 0 Å². The molecule has 2 saturated carbocycles. The molecule has 0 radical (unpaired) electrons. The van der Waals surface area contributed by atoms with E-state index in [1.165, 1.54) is 11.1 Å². The summed E-state index contributed by atoms with van der Waals surface area (Å²) in [7, 11) is 4.26. The van der Waals surface area contributed by atoms with Crippen LogP contribution in [-0.4, -0.2) is 60.8 Å². The van der Waals surface area contributed by atoms with Crippen LogP contribution in [0, 0.1) is 34.0 Å². The molecule has 2 fully saturated rings. The van der Waals surface area contributed by atoms with Gasteiger partial charge < -0.3 is 20.1 Å². The van der Waals surface area contributed by atoms with E-state index in [-0.39, 0.29) is 59.3 Å². The zero-order chi connectivity index (χ0) is 29.7. The molecule has 1 aromatic carbocycles. The lowest BCUT2D eigenvalue weighted by atomic mass is 9.51. The van der Waals surface area contributed by atoms with Gasteiger partial charge in [-0.1, -0.05) is 62.3 Å². The normalized spacial score (nSPS) is 38.9. The number of fused-ring (bicyclic) bond motifs is 4. The Hall–Kier alpha value is -2.44. The van der Waals surface area contributed by atoms with Crippen LogP contribution in [0.4, 0.5) is 0 Å². The van der Waals surface area contributed by atoms with Crippen LogP contribution in [0.15, 0.2) is 53.6 Å². The summed E-state index contributed by atoms with van der Waals surface area (Å²) in [5, 5.41) is 14.1. The van der Waals surface area contributed by atoms with Crippen molar-refractivity contribution in [2.75, 3.05) is 20.7 Å². The molecular formula is C35H50N2O4. The highest BCUT2D eigenvalue weighted by molar-refractivity contribution is 5.94. The molecule has 5 rings (SSSR count). The molecule has 0 spiro atoms. The maximum atomic E-state index is 13.1. The van der Waals surface area contributed by atoms with Crippen molar-refractivity contribution < 1.29 is 19.4 Å². The first-order valence-corrected chi connectivity index (χ1v) is 15.5. The molecule has 9 atom stereocenters. The van der Waals surface area contributed by atoms with E-state index < -0.39 is 5.41 Å². The summed E-state index contributed by atoms with van der Waals surface area (Å²) in [6.07, 6.45) is 10.3. The second kappa shape index (κ2) is 11.0. The lowest BCUT2D eigenvalue weighted by Crippen LogP contribution is -2.54. The molecule has 0 aliphatic heterocycles. The molecule has 1 aromatic rings. The van der Waals surface area contributed by atoms with Crippen molar-refractivity contribution in [1.82, 2.24) is 10.2 Å². The van der Waals surface area contributed by atoms with Gasteiger partial charge in [0.15, 0.2) is 0 Å². The molecule has 41 heavy (non-hydrogen) atoms. The Morgan fingerprint density at radius 2 is 1.71 bits per heavy atom. The molecule has 4 aliphatic rings. The van der Waals surface area contributed by atoms with E-state index in [1.54, 1.807) is 6.92 Å². The third-order valence-electron chi connectivity index (χ3n) is 12.2. The number of esters is 1. The Kier molecular flexibility index (Phi) is 8.06. The SMILES string of the molecule is CC(=O)O[C@@H]1C[C@@]2(C)[C@@H]3CC[C@@H]4C(=CC[C@H](NC(=O)c5ccccc5)[C@@]4(C)CO)CC3=CC[C@]2(C)[C@H]1[C@H](C)N(C)C. The maximum Gasteiger partial charge on any atom is 0.302 e. The number of hydrogen-bond donors (Lipinski definition) is 2. The first-order chi connectivity index (χ1) is 19.4. The summed E-state index contributed by atoms with van der Waals surface area (Å²) in [6, 6.07) is 9.51. The summed E-state index contributed by atoms with van der Waals surface area (Å²) < 4.78 is 6.09. The highest BCUT2D eigenvalue weighted by atomic mass is 16.5. The van der Waals surface area contributed by atoms with Gasteiger partial charge in [0, 0.05) is 35.9 Å². The molecule has 0 aromatic heterocycles. The zero-order valence-electron chi connectivity index (χ0n) is 26.1. The average Bonchev–Trinajstić information content (AvgIpc) is 3.04. The Labute approximate surface area is 246 Å². The fraction of sp³-hybridized carbons (Fsp3) is 0.657. The van der Waals surface area contributed by atoms with Crippen molar-refractivity contribution in [2.24, 2.45) is 34.0 Å². The number of nitrogens with zero attached hydrogens (tertiary/aromatic N) is 1. The second-order valence-corrected chi connectivity index (χ2v) is 14.3. The number of hydrogen-bond acceptors (Lipinski definition) is 5. The molecule has 0 bridgehead atoms. The monoisotopic (exact) mass is 562 g/mol. The second-order valence-electron chi connectivity index (χ2n) is 14.3. The highest BCUT2D eigenvalue weighted by Crippen LogP contribution is 2.69. The molecular weight excluding hydrogens is 512 g/mol. The first-order valence-electron chi connectivity index (χ1n) is 15.5. The number of carbonyl (C=O) groups is 2. The van der Waals surface area contributed by atoms with E-state index in [0.717, 1.165) is 38.5 Å². The van der Waals surface area contributed by atoms with Crippen LogP contribution in [0.5, 0.6) is 0 Å². The molecule has 6 heteroatoms. The summed E-state index contributed by atoms with van der Waals surface area (Å²) in [5.74, 6) is 0.568. The minimum Gasteiger partial charge on any atom is -0.462 e. The van der Waals surface area contributed by atoms with E-state index in [1.807, 2.05) is 30.3 Å². The molecule has 0 unspecified atom stereocenters. The van der Waals surface area contributed by atoms with Gasteiger partial charge in [-0.2, -0.15) is 0 Å². The van der Waals surface area contributed by atoms with E-state index in [4.69, 9.17) is 4.74 Å². The standard InChI is InChI=1S/C35H50N2O4/c1-22(37(6)7)31-29(41-23(2)39)20-35(5)28-15-14-27-25(19-26(28)17-18-34(31,35)4)13-16-30(33(27,3)21-38)36-32(40)24-11-9-8-10-12-24/h8-13,17,22,27-31,38H,14-16,18-21H2,1-7H3,(H,36,40)/t22-,27+,28+,29+,30-,31-,33-,34+,35-/m0/s1. The van der Waals surface area contributed by atoms with Crippen LogP contribution in [0.1, 0.15) is 83.5 Å². The van der Waals surface area contributed by atoms with Crippen molar-refractivity contribution in [3.8, 4) is 0 Å². The molecule has 0 saturated heterocycles. The number of aliphatic hydroxyl groups excluding tert-OH is 1. The number of ether oxygens (including phenoxy) is 1. The fourth-order valence-electron chi connectivity index (χ4n) is 9.47. The van der Waals surface area contributed by atoms with Crippen LogP contribution < -0.4 is 5.32 Å². The van der Waals surface area contributed by atoms with Gasteiger partial charge in [0.2, 0.25) is 0 Å². The number of aliphatic hydroxyl groups is 1. The quantitative estimate of drug-likeness (QED) is 0.340. The fourth-order valence-corrected chi connectivity index (χ4v) is 9.47. The number of carbonyl (C=O) groups excluding carboxylic acids is 2. The molecule has 1 amide bonds. The zero-order valence-corrected chi connectivity index (χ0v) is 26.1. The lowest BCUT2D eigenvalue weighted by molar-refractivity contribution is -0.150. The largest absolute Gasteiger partial charge is 0.462 e. The van der Waals surface area contributed by atoms with Gasteiger partial charge in [-0.05, 0) is 94.3 Å². The summed E-state index contributed by atoms with van der Waals surface area (Å²) in [5.41, 5.74) is 3.14. The van der Waals surface area contributed by atoms with Crippen LogP contribution in [-0.2, 0) is 9.53 Å². The van der Waals surface area contributed by atoms with E-state index in [9.17, 15) is 14.7 Å². The van der Waals surface area contributed by atoms with Gasteiger partial charge in [-0.3, -0.25) is 9.59 Å². The Balaban J connectivity index is 1.44. The van der Waals surface area contributed by atoms with E-state index in [0.29, 0.717) is 11.5 Å². The predicted molar refractivity (Wildman–Crippen MR) is 162 cm³/mol. The molecule has 4 aliphatic carbocycles. The number of allylic oxidation sites excluding steroid dienone is 3. The van der Waals surface area contributed by atoms with Gasteiger partial charge in [-0.25, -0.2) is 0 Å². The number of amides is 1. The third kappa shape index (κ3) is 4.89. The minimum atomic E-state index is -0.440. The van der Waals surface area contributed by atoms with Crippen LogP contribution in [0.3, 0.4) is 0 Å². The van der Waals surface area contributed by atoms with Crippen molar-refractivity contribution in [2.45, 2.75) is 91.3 Å². The van der Waals surface area contributed by atoms with Gasteiger partial charge in [0.05, 0.1) is 6.61 Å². The predicted octanol–water partition coefficient (Wildman–Crippen LogP) is 5.77. The molecule has 0 heterocycles. The number of rotatable bonds is 6. The molecule has 6 nitrogen and oxygen atoms in total. The molecule has 224 valence electrons. The van der Waals surface area contributed by atoms with Crippen molar-refractivity contribution >= 4 is 11.9 Å². The van der Waals surface area contributed by atoms with Crippen molar-refractivity contribution in [3.05, 3.63) is 59.2 Å². The lowest BCUT2D eigenvalue weighted by Gasteiger charge is -2.53. The first kappa shape index (κ1) is 30.0. The van der Waals surface area contributed by atoms with Crippen LogP contribution in [0.2, 0.25) is 0 Å². The average molecular weight is 563 g/mol. The van der Waals surface area contributed by atoms with Gasteiger partial charge in [0.25, 0.3) is 5.91 Å². The maximum absolute atomic E-state index is 13.1. The van der Waals surface area contributed by atoms with Crippen LogP contribution >= 0.6 is 0 Å². The third-order valence-corrected chi connectivity index (χ3v) is 12.2. The number of nitrogens with one attached hydrogen (secondary N) is 1. The van der Waals surface area contributed by atoms with Crippen molar-refractivity contribution in [1.29, 1.82) is 0 Å². The smallest absolute Gasteiger partial charge is 0.302 e. The van der Waals surface area contributed by atoms with E-state index >= 15 is 0 Å². The van der Waals surface area contributed by atoms with Gasteiger partial charge >= 0.3 is 5.97 Å². The summed E-state index contributed by atoms with van der Waals surface area (Å²) in [4.78, 5) is 27.7. The highest BCUT2D eigenvalue weighted by Gasteiger charge is 2.65. The summed E-state index contributed by atoms with van der Waals surface area (Å²) >= 11 is 0. The summed E-state index contributed by atoms with van der Waals surface area (Å²) in [6.45, 7) is 10.9. The Bertz CT molecular complexity index is 1220. The topological polar surface area (TPSA) is 78.9 Å². The van der Waals surface area contributed by atoms with Crippen molar-refractivity contribution in [3.63, 3.8) is 0 Å². The Morgan fingerprint density at radius 1 is 1.05 bits per heavy atom. The minimum absolute atomic E-state index is 0.00133. The van der Waals surface area contributed by atoms with Crippen LogP contribution in [0.25, 0.3) is 0 Å². The number of benzene rings is 1. The van der Waals surface area contributed by atoms with Gasteiger partial charge in [0.1, 0.15) is 6.10 Å². The molecule has 2 N–H and O–H groups in total.